The summed E-state index contributed by atoms with van der Waals surface area (Å²) in [5.74, 6) is 2.55. The Morgan fingerprint density at radius 1 is 1.54 bits per heavy atom. The maximum absolute atomic E-state index is 5.54. The van der Waals surface area contributed by atoms with Crippen LogP contribution in [-0.2, 0) is 0 Å². The van der Waals surface area contributed by atoms with Gasteiger partial charge in [-0.25, -0.2) is 0 Å². The van der Waals surface area contributed by atoms with Crippen LogP contribution in [0.3, 0.4) is 0 Å². The summed E-state index contributed by atoms with van der Waals surface area (Å²) in [6, 6.07) is 0.524. The molecule has 2 nitrogen and oxygen atoms in total. The van der Waals surface area contributed by atoms with Gasteiger partial charge < -0.3 is 5.73 Å². The second-order valence-corrected chi connectivity index (χ2v) is 5.27. The van der Waals surface area contributed by atoms with Crippen molar-refractivity contribution >= 4 is 29.0 Å². The van der Waals surface area contributed by atoms with E-state index < -0.39 is 0 Å². The van der Waals surface area contributed by atoms with Gasteiger partial charge in [0.25, 0.3) is 0 Å². The molecule has 1 heterocycles. The number of nitrogens with zero attached hydrogens (tertiary/aromatic N) is 1. The highest BCUT2D eigenvalue weighted by molar-refractivity contribution is 7.99. The van der Waals surface area contributed by atoms with Gasteiger partial charge in [-0.1, -0.05) is 12.2 Å². The zero-order valence-electron chi connectivity index (χ0n) is 8.16. The lowest BCUT2D eigenvalue weighted by Gasteiger charge is -2.26. The molecule has 0 amide bonds. The molecule has 1 atom stereocenters. The molecule has 13 heavy (non-hydrogen) atoms. The van der Waals surface area contributed by atoms with Crippen molar-refractivity contribution in [2.24, 2.45) is 5.73 Å². The van der Waals surface area contributed by atoms with Gasteiger partial charge in [-0.3, -0.25) is 4.90 Å². The molecule has 1 fully saturated rings. The Bertz CT molecular complexity index is 165. The van der Waals surface area contributed by atoms with Crippen LogP contribution in [0.1, 0.15) is 19.8 Å². The predicted molar refractivity (Wildman–Crippen MR) is 64.4 cm³/mol. The van der Waals surface area contributed by atoms with E-state index in [-0.39, 0.29) is 0 Å². The molecule has 0 aliphatic carbocycles. The van der Waals surface area contributed by atoms with E-state index in [4.69, 9.17) is 18.0 Å². The fourth-order valence-electron chi connectivity index (χ4n) is 1.63. The molecule has 0 spiro atoms. The molecule has 1 aliphatic rings. The zero-order chi connectivity index (χ0) is 9.68. The number of hydrogen-bond acceptors (Lipinski definition) is 3. The van der Waals surface area contributed by atoms with Crippen molar-refractivity contribution < 1.29 is 0 Å². The maximum atomic E-state index is 5.54. The van der Waals surface area contributed by atoms with Gasteiger partial charge in [-0.15, -0.1) is 0 Å². The molecule has 0 saturated carbocycles. The largest absolute Gasteiger partial charge is 0.393 e. The van der Waals surface area contributed by atoms with Crippen molar-refractivity contribution in [3.8, 4) is 0 Å². The summed E-state index contributed by atoms with van der Waals surface area (Å²) in [5, 5.41) is 0. The molecule has 76 valence electrons. The number of rotatable bonds is 3. The van der Waals surface area contributed by atoms with Crippen molar-refractivity contribution in [1.82, 2.24) is 4.90 Å². The van der Waals surface area contributed by atoms with Gasteiger partial charge in [0.2, 0.25) is 0 Å². The van der Waals surface area contributed by atoms with Crippen molar-refractivity contribution in [1.29, 1.82) is 0 Å². The van der Waals surface area contributed by atoms with E-state index in [0.29, 0.717) is 11.0 Å². The van der Waals surface area contributed by atoms with Crippen LogP contribution in [0.4, 0.5) is 0 Å². The molecule has 2 N–H and O–H groups in total. The van der Waals surface area contributed by atoms with Crippen molar-refractivity contribution in [3.63, 3.8) is 0 Å². The molecule has 0 aromatic heterocycles. The van der Waals surface area contributed by atoms with E-state index in [9.17, 15) is 0 Å². The first kappa shape index (κ1) is 11.3. The van der Waals surface area contributed by atoms with Crippen LogP contribution in [0.25, 0.3) is 0 Å². The summed E-state index contributed by atoms with van der Waals surface area (Å²) in [5.41, 5.74) is 5.54. The molecule has 1 aliphatic heterocycles. The highest BCUT2D eigenvalue weighted by Gasteiger charge is 2.15. The average molecular weight is 218 g/mol. The first-order valence-electron chi connectivity index (χ1n) is 4.80. The Labute approximate surface area is 90.2 Å². The average Bonchev–Trinajstić information content (AvgIpc) is 2.29. The molecular weight excluding hydrogens is 200 g/mol. The Morgan fingerprint density at radius 3 is 3.00 bits per heavy atom. The second kappa shape index (κ2) is 5.83. The van der Waals surface area contributed by atoms with Crippen LogP contribution in [0.2, 0.25) is 0 Å². The van der Waals surface area contributed by atoms with Gasteiger partial charge in [0.1, 0.15) is 0 Å². The molecule has 0 aromatic carbocycles. The van der Waals surface area contributed by atoms with Crippen molar-refractivity contribution in [3.05, 3.63) is 0 Å². The molecule has 1 saturated heterocycles. The standard InChI is InChI=1S/C9H18N2S2/c1-8(7-9(10)12)11-3-2-5-13-6-4-11/h8H,2-7H2,1H3,(H2,10,12). The minimum Gasteiger partial charge on any atom is -0.393 e. The highest BCUT2D eigenvalue weighted by atomic mass is 32.2. The van der Waals surface area contributed by atoms with E-state index in [1.54, 1.807) is 0 Å². The normalized spacial score (nSPS) is 22.2. The lowest BCUT2D eigenvalue weighted by Crippen LogP contribution is -2.37. The summed E-state index contributed by atoms with van der Waals surface area (Å²) >= 11 is 6.97. The maximum Gasteiger partial charge on any atom is 0.0742 e. The molecule has 1 unspecified atom stereocenters. The Balaban J connectivity index is 2.34. The summed E-state index contributed by atoms with van der Waals surface area (Å²) in [7, 11) is 0. The monoisotopic (exact) mass is 218 g/mol. The summed E-state index contributed by atoms with van der Waals surface area (Å²) in [6.45, 7) is 4.61. The minimum atomic E-state index is 0.524. The molecule has 4 heteroatoms. The van der Waals surface area contributed by atoms with Gasteiger partial charge in [0, 0.05) is 24.8 Å². The Morgan fingerprint density at radius 2 is 2.31 bits per heavy atom. The van der Waals surface area contributed by atoms with Crippen molar-refractivity contribution in [2.45, 2.75) is 25.8 Å². The second-order valence-electron chi connectivity index (χ2n) is 3.52. The van der Waals surface area contributed by atoms with Crippen LogP contribution in [-0.4, -0.2) is 40.5 Å². The third-order valence-electron chi connectivity index (χ3n) is 2.38. The third-order valence-corrected chi connectivity index (χ3v) is 3.59. The van der Waals surface area contributed by atoms with E-state index in [1.807, 2.05) is 0 Å². The molecule has 0 radical (unpaired) electrons. The minimum absolute atomic E-state index is 0.524. The van der Waals surface area contributed by atoms with Gasteiger partial charge in [-0.05, 0) is 25.6 Å². The Kier molecular flexibility index (Phi) is 5.06. The first-order chi connectivity index (χ1) is 6.20. The third kappa shape index (κ3) is 4.29. The van der Waals surface area contributed by atoms with E-state index in [2.05, 4.69) is 23.6 Å². The first-order valence-corrected chi connectivity index (χ1v) is 6.36. The van der Waals surface area contributed by atoms with E-state index in [0.717, 1.165) is 6.42 Å². The predicted octanol–water partition coefficient (Wildman–Crippen LogP) is 1.49. The van der Waals surface area contributed by atoms with Crippen molar-refractivity contribution in [2.75, 3.05) is 24.6 Å². The molecular formula is C9H18N2S2. The summed E-state index contributed by atoms with van der Waals surface area (Å²) < 4.78 is 0. The quantitative estimate of drug-likeness (QED) is 0.727. The number of thiocarbonyl (C=S) groups is 1. The summed E-state index contributed by atoms with van der Waals surface area (Å²) in [6.07, 6.45) is 2.16. The van der Waals surface area contributed by atoms with E-state index >= 15 is 0 Å². The molecule has 0 aromatic rings. The highest BCUT2D eigenvalue weighted by Crippen LogP contribution is 2.13. The number of nitrogens with two attached hydrogens (primary N) is 1. The van der Waals surface area contributed by atoms with Crippen LogP contribution in [0.5, 0.6) is 0 Å². The topological polar surface area (TPSA) is 29.3 Å². The van der Waals surface area contributed by atoms with Crippen LogP contribution >= 0.6 is 24.0 Å². The lowest BCUT2D eigenvalue weighted by molar-refractivity contribution is 0.230. The van der Waals surface area contributed by atoms with Gasteiger partial charge in [-0.2, -0.15) is 11.8 Å². The SMILES string of the molecule is CC(CC(N)=S)N1CCCSCC1. The Hall–Kier alpha value is 0.200. The van der Waals surface area contributed by atoms with Gasteiger partial charge >= 0.3 is 0 Å². The fourth-order valence-corrected chi connectivity index (χ4v) is 2.77. The molecule has 0 bridgehead atoms. The zero-order valence-corrected chi connectivity index (χ0v) is 9.79. The van der Waals surface area contributed by atoms with Gasteiger partial charge in [0.15, 0.2) is 0 Å². The van der Waals surface area contributed by atoms with Crippen LogP contribution < -0.4 is 5.73 Å². The summed E-state index contributed by atoms with van der Waals surface area (Å²) in [4.78, 5) is 3.14. The molecule has 1 rings (SSSR count). The van der Waals surface area contributed by atoms with E-state index in [1.165, 1.54) is 31.0 Å². The number of hydrogen-bond donors (Lipinski definition) is 1. The van der Waals surface area contributed by atoms with Crippen LogP contribution in [0.15, 0.2) is 0 Å². The fraction of sp³-hybridized carbons (Fsp3) is 0.889. The lowest BCUT2D eigenvalue weighted by atomic mass is 10.2. The smallest absolute Gasteiger partial charge is 0.0742 e. The van der Waals surface area contributed by atoms with Gasteiger partial charge in [0.05, 0.1) is 4.99 Å². The number of thioether (sulfide) groups is 1. The van der Waals surface area contributed by atoms with Crippen LogP contribution in [0, 0.1) is 0 Å².